The Labute approximate surface area is 143 Å². The summed E-state index contributed by atoms with van der Waals surface area (Å²) < 4.78 is 0. The number of pyridine rings is 1. The standard InChI is InChI=1S/C19H11ClN2O2/c20-16-3-1-2-12(9-16)17-5-4-13(8-15(17)11-21)18-10-14(19(23)24)6-7-22-18/h1-10H,(H,23,24). The van der Waals surface area contributed by atoms with Gasteiger partial charge in [0, 0.05) is 16.8 Å². The quantitative estimate of drug-likeness (QED) is 0.757. The normalized spacial score (nSPS) is 10.2. The summed E-state index contributed by atoms with van der Waals surface area (Å²) in [5.41, 5.74) is 3.41. The molecule has 3 aromatic rings. The molecule has 24 heavy (non-hydrogen) atoms. The molecule has 0 atom stereocenters. The van der Waals surface area contributed by atoms with Gasteiger partial charge in [0.15, 0.2) is 0 Å². The molecule has 0 bridgehead atoms. The van der Waals surface area contributed by atoms with Gasteiger partial charge < -0.3 is 5.11 Å². The molecular formula is C19H11ClN2O2. The number of rotatable bonds is 3. The number of aromatic carboxylic acids is 1. The molecular weight excluding hydrogens is 324 g/mol. The summed E-state index contributed by atoms with van der Waals surface area (Å²) in [5.74, 6) is -1.02. The fourth-order valence-corrected chi connectivity index (χ4v) is 2.62. The van der Waals surface area contributed by atoms with Crippen LogP contribution in [0.15, 0.2) is 60.8 Å². The van der Waals surface area contributed by atoms with Crippen molar-refractivity contribution in [3.05, 3.63) is 76.9 Å². The molecule has 0 saturated carbocycles. The molecule has 1 N–H and O–H groups in total. The van der Waals surface area contributed by atoms with Gasteiger partial charge in [-0.15, -0.1) is 0 Å². The summed E-state index contributed by atoms with van der Waals surface area (Å²) in [7, 11) is 0. The number of benzene rings is 2. The van der Waals surface area contributed by atoms with Gasteiger partial charge in [-0.3, -0.25) is 4.98 Å². The predicted octanol–water partition coefficient (Wildman–Crippen LogP) is 4.64. The second-order valence-corrected chi connectivity index (χ2v) is 5.55. The molecule has 116 valence electrons. The van der Waals surface area contributed by atoms with Gasteiger partial charge in [-0.2, -0.15) is 5.26 Å². The Morgan fingerprint density at radius 2 is 1.92 bits per heavy atom. The van der Waals surface area contributed by atoms with Crippen LogP contribution < -0.4 is 0 Å². The van der Waals surface area contributed by atoms with Crippen molar-refractivity contribution in [2.45, 2.75) is 0 Å². The molecule has 0 aliphatic carbocycles. The van der Waals surface area contributed by atoms with Crippen LogP contribution in [0.5, 0.6) is 0 Å². The van der Waals surface area contributed by atoms with Crippen LogP contribution in [0.1, 0.15) is 15.9 Å². The van der Waals surface area contributed by atoms with Crippen LogP contribution in [0.3, 0.4) is 0 Å². The Kier molecular flexibility index (Phi) is 4.28. The Morgan fingerprint density at radius 1 is 1.08 bits per heavy atom. The summed E-state index contributed by atoms with van der Waals surface area (Å²) in [6.45, 7) is 0. The molecule has 5 heteroatoms. The second kappa shape index (κ2) is 6.53. The van der Waals surface area contributed by atoms with E-state index in [4.69, 9.17) is 16.7 Å². The summed E-state index contributed by atoms with van der Waals surface area (Å²) in [6.07, 6.45) is 1.44. The molecule has 4 nitrogen and oxygen atoms in total. The summed E-state index contributed by atoms with van der Waals surface area (Å²) in [4.78, 5) is 15.3. The van der Waals surface area contributed by atoms with E-state index < -0.39 is 5.97 Å². The third-order valence-corrected chi connectivity index (χ3v) is 3.81. The predicted molar refractivity (Wildman–Crippen MR) is 91.8 cm³/mol. The largest absolute Gasteiger partial charge is 0.478 e. The lowest BCUT2D eigenvalue weighted by molar-refractivity contribution is 0.0697. The lowest BCUT2D eigenvalue weighted by Gasteiger charge is -2.08. The van der Waals surface area contributed by atoms with Gasteiger partial charge in [0.2, 0.25) is 0 Å². The Morgan fingerprint density at radius 3 is 2.62 bits per heavy atom. The molecule has 0 saturated heterocycles. The first kappa shape index (κ1) is 15.7. The minimum absolute atomic E-state index is 0.150. The van der Waals surface area contributed by atoms with Crippen molar-refractivity contribution in [2.24, 2.45) is 0 Å². The van der Waals surface area contributed by atoms with E-state index >= 15 is 0 Å². The number of nitrogens with zero attached hydrogens (tertiary/aromatic N) is 2. The first-order valence-corrected chi connectivity index (χ1v) is 7.46. The van der Waals surface area contributed by atoms with Crippen LogP contribution in [0.25, 0.3) is 22.4 Å². The third kappa shape index (κ3) is 3.12. The zero-order valence-corrected chi connectivity index (χ0v) is 13.2. The number of aromatic nitrogens is 1. The topological polar surface area (TPSA) is 74.0 Å². The van der Waals surface area contributed by atoms with Crippen LogP contribution in [-0.2, 0) is 0 Å². The molecule has 0 amide bonds. The molecule has 0 aliphatic heterocycles. The molecule has 0 fully saturated rings. The van der Waals surface area contributed by atoms with Gasteiger partial charge in [0.05, 0.1) is 22.9 Å². The van der Waals surface area contributed by atoms with E-state index in [-0.39, 0.29) is 5.56 Å². The highest BCUT2D eigenvalue weighted by Crippen LogP contribution is 2.29. The number of carboxylic acids is 1. The van der Waals surface area contributed by atoms with Gasteiger partial charge in [0.1, 0.15) is 0 Å². The highest BCUT2D eigenvalue weighted by molar-refractivity contribution is 6.30. The van der Waals surface area contributed by atoms with E-state index in [1.807, 2.05) is 24.3 Å². The number of hydrogen-bond donors (Lipinski definition) is 1. The second-order valence-electron chi connectivity index (χ2n) is 5.12. The Bertz CT molecular complexity index is 977. The highest BCUT2D eigenvalue weighted by Gasteiger charge is 2.10. The average Bonchev–Trinajstić information content (AvgIpc) is 2.61. The first-order chi connectivity index (χ1) is 11.6. The number of carbonyl (C=O) groups is 1. The van der Waals surface area contributed by atoms with Crippen molar-refractivity contribution in [1.29, 1.82) is 5.26 Å². The van der Waals surface area contributed by atoms with Gasteiger partial charge >= 0.3 is 5.97 Å². The summed E-state index contributed by atoms with van der Waals surface area (Å²) in [6, 6.07) is 17.7. The molecule has 3 rings (SSSR count). The van der Waals surface area contributed by atoms with E-state index in [2.05, 4.69) is 11.1 Å². The zero-order chi connectivity index (χ0) is 17.1. The Hall–Kier alpha value is -3.16. The van der Waals surface area contributed by atoms with E-state index in [0.29, 0.717) is 21.8 Å². The van der Waals surface area contributed by atoms with Gasteiger partial charge in [-0.25, -0.2) is 4.79 Å². The summed E-state index contributed by atoms with van der Waals surface area (Å²) >= 11 is 6.02. The SMILES string of the molecule is N#Cc1cc(-c2cc(C(=O)O)ccn2)ccc1-c1cccc(Cl)c1. The molecule has 1 aromatic heterocycles. The van der Waals surface area contributed by atoms with Crippen LogP contribution >= 0.6 is 11.6 Å². The van der Waals surface area contributed by atoms with Crippen molar-refractivity contribution < 1.29 is 9.90 Å². The maximum atomic E-state index is 11.1. The van der Waals surface area contributed by atoms with Gasteiger partial charge in [-0.05, 0) is 41.5 Å². The van der Waals surface area contributed by atoms with Crippen LogP contribution in [0.4, 0.5) is 0 Å². The van der Waals surface area contributed by atoms with Gasteiger partial charge in [0.25, 0.3) is 0 Å². The van der Waals surface area contributed by atoms with Crippen molar-refractivity contribution in [3.63, 3.8) is 0 Å². The van der Waals surface area contributed by atoms with Crippen molar-refractivity contribution in [3.8, 4) is 28.5 Å². The smallest absolute Gasteiger partial charge is 0.335 e. The lowest BCUT2D eigenvalue weighted by atomic mass is 9.97. The molecule has 0 aliphatic rings. The molecule has 0 unspecified atom stereocenters. The van der Waals surface area contributed by atoms with Crippen LogP contribution in [0, 0.1) is 11.3 Å². The fourth-order valence-electron chi connectivity index (χ4n) is 2.43. The number of carboxylic acid groups (broad SMARTS) is 1. The number of nitriles is 1. The van der Waals surface area contributed by atoms with Crippen LogP contribution in [0.2, 0.25) is 5.02 Å². The van der Waals surface area contributed by atoms with E-state index in [0.717, 1.165) is 11.1 Å². The zero-order valence-electron chi connectivity index (χ0n) is 12.4. The molecule has 2 aromatic carbocycles. The van der Waals surface area contributed by atoms with Crippen molar-refractivity contribution >= 4 is 17.6 Å². The third-order valence-electron chi connectivity index (χ3n) is 3.58. The van der Waals surface area contributed by atoms with Crippen molar-refractivity contribution in [1.82, 2.24) is 4.98 Å². The molecule has 1 heterocycles. The molecule has 0 radical (unpaired) electrons. The summed E-state index contributed by atoms with van der Waals surface area (Å²) in [5, 5.41) is 19.1. The highest BCUT2D eigenvalue weighted by atomic mass is 35.5. The first-order valence-electron chi connectivity index (χ1n) is 7.08. The van der Waals surface area contributed by atoms with E-state index in [1.54, 1.807) is 18.2 Å². The lowest BCUT2D eigenvalue weighted by Crippen LogP contribution is -1.97. The van der Waals surface area contributed by atoms with Crippen molar-refractivity contribution in [2.75, 3.05) is 0 Å². The molecule has 0 spiro atoms. The maximum Gasteiger partial charge on any atom is 0.335 e. The van der Waals surface area contributed by atoms with Gasteiger partial charge in [-0.1, -0.05) is 35.9 Å². The van der Waals surface area contributed by atoms with E-state index in [1.165, 1.54) is 18.3 Å². The maximum absolute atomic E-state index is 11.1. The minimum Gasteiger partial charge on any atom is -0.478 e. The average molecular weight is 335 g/mol. The van der Waals surface area contributed by atoms with E-state index in [9.17, 15) is 10.1 Å². The fraction of sp³-hybridized carbons (Fsp3) is 0. The Balaban J connectivity index is 2.09. The minimum atomic E-state index is -1.02. The number of hydrogen-bond acceptors (Lipinski definition) is 3. The number of halogens is 1. The monoisotopic (exact) mass is 334 g/mol. The van der Waals surface area contributed by atoms with Crippen LogP contribution in [-0.4, -0.2) is 16.1 Å².